The van der Waals surface area contributed by atoms with E-state index in [0.717, 1.165) is 5.47 Å². The van der Waals surface area contributed by atoms with E-state index >= 15 is 0 Å². The lowest BCUT2D eigenvalue weighted by Gasteiger charge is -1.83. The van der Waals surface area contributed by atoms with Crippen molar-refractivity contribution in [3.8, 4) is 0 Å². The Labute approximate surface area is 58.4 Å². The van der Waals surface area contributed by atoms with Gasteiger partial charge in [0, 0.05) is 0 Å². The first kappa shape index (κ1) is 8.28. The average molecular weight is 120 g/mol. The minimum atomic E-state index is 1.09. The van der Waals surface area contributed by atoms with Gasteiger partial charge in [0.1, 0.15) is 7.85 Å². The number of hydrogen-bond donors (Lipinski definition) is 0. The maximum Gasteiger partial charge on any atom is 0.138 e. The van der Waals surface area contributed by atoms with Crippen molar-refractivity contribution in [2.45, 2.75) is 13.8 Å². The molecule has 1 heteroatoms. The zero-order chi connectivity index (χ0) is 7.28. The Balaban J connectivity index is 3.74. The van der Waals surface area contributed by atoms with Crippen LogP contribution in [0.15, 0.2) is 35.9 Å². The summed E-state index contributed by atoms with van der Waals surface area (Å²) in [6.07, 6.45) is 6.07. The molecule has 0 aliphatic rings. The zero-order valence-electron chi connectivity index (χ0n) is 6.44. The molecular formula is C8H13B. The van der Waals surface area contributed by atoms with Crippen LogP contribution in [0, 0.1) is 0 Å². The van der Waals surface area contributed by atoms with Gasteiger partial charge in [0.25, 0.3) is 0 Å². The number of rotatable bonds is 2. The molecule has 0 aliphatic carbocycles. The van der Waals surface area contributed by atoms with Crippen molar-refractivity contribution in [1.29, 1.82) is 0 Å². The van der Waals surface area contributed by atoms with Gasteiger partial charge in [-0.25, -0.2) is 0 Å². The molecule has 9 heavy (non-hydrogen) atoms. The van der Waals surface area contributed by atoms with Gasteiger partial charge in [0.2, 0.25) is 0 Å². The Morgan fingerprint density at radius 1 is 1.44 bits per heavy atom. The summed E-state index contributed by atoms with van der Waals surface area (Å²) in [6.45, 7) is 7.88. The molecular weight excluding hydrogens is 107 g/mol. The lowest BCUT2D eigenvalue weighted by atomic mass is 9.98. The third-order valence-corrected chi connectivity index (χ3v) is 0.810. The summed E-state index contributed by atoms with van der Waals surface area (Å²) in [5, 5.41) is 0. The summed E-state index contributed by atoms with van der Waals surface area (Å²) in [4.78, 5) is 0. The molecule has 0 aromatic carbocycles. The van der Waals surface area contributed by atoms with Crippen LogP contribution < -0.4 is 0 Å². The molecule has 0 atom stereocenters. The molecule has 0 spiro atoms. The van der Waals surface area contributed by atoms with Crippen LogP contribution in [0.1, 0.15) is 13.8 Å². The van der Waals surface area contributed by atoms with E-state index in [0.29, 0.717) is 0 Å². The second-order valence-electron chi connectivity index (χ2n) is 2.45. The molecule has 0 aromatic heterocycles. The molecule has 0 rings (SSSR count). The molecule has 0 nitrogen and oxygen atoms in total. The van der Waals surface area contributed by atoms with Crippen molar-refractivity contribution in [2.75, 3.05) is 0 Å². The molecule has 0 amide bonds. The molecule has 0 heterocycles. The maximum atomic E-state index is 3.74. The first-order valence-electron chi connectivity index (χ1n) is 3.10. The highest BCUT2D eigenvalue weighted by Gasteiger charge is 1.71. The van der Waals surface area contributed by atoms with Gasteiger partial charge in [-0.2, -0.15) is 0 Å². The predicted octanol–water partition coefficient (Wildman–Crippen LogP) is 1.66. The Hall–Kier alpha value is -0.715. The Bertz CT molecular complexity index is 148. The van der Waals surface area contributed by atoms with E-state index < -0.39 is 0 Å². The quantitative estimate of drug-likeness (QED) is 0.384. The lowest BCUT2D eigenvalue weighted by molar-refractivity contribution is 1.39. The summed E-state index contributed by atoms with van der Waals surface area (Å²) in [6, 6.07) is 0. The molecule has 0 radical (unpaired) electrons. The summed E-state index contributed by atoms with van der Waals surface area (Å²) in [5.74, 6) is 0. The van der Waals surface area contributed by atoms with Crippen LogP contribution in [0.4, 0.5) is 0 Å². The van der Waals surface area contributed by atoms with E-state index in [4.69, 9.17) is 0 Å². The second kappa shape index (κ2) is 4.19. The predicted molar refractivity (Wildman–Crippen MR) is 46.3 cm³/mol. The summed E-state index contributed by atoms with van der Waals surface area (Å²) < 4.78 is 0. The minimum Gasteiger partial charge on any atom is -0.105 e. The Morgan fingerprint density at radius 3 is 2.33 bits per heavy atom. The molecule has 0 unspecified atom stereocenters. The lowest BCUT2D eigenvalue weighted by Crippen LogP contribution is -1.67. The van der Waals surface area contributed by atoms with Gasteiger partial charge in [-0.1, -0.05) is 29.3 Å². The molecule has 0 N–H and O–H groups in total. The maximum absolute atomic E-state index is 3.74. The first-order chi connectivity index (χ1) is 4.13. The van der Waals surface area contributed by atoms with Gasteiger partial charge >= 0.3 is 0 Å². The molecule has 0 aromatic rings. The van der Waals surface area contributed by atoms with Gasteiger partial charge in [0.15, 0.2) is 0 Å². The molecule has 0 fully saturated rings. The molecule has 0 aliphatic heterocycles. The van der Waals surface area contributed by atoms with Crippen LogP contribution in [0.3, 0.4) is 0 Å². The summed E-state index contributed by atoms with van der Waals surface area (Å²) >= 11 is 0. The molecule has 0 saturated carbocycles. The highest BCUT2D eigenvalue weighted by Crippen LogP contribution is 1.90. The van der Waals surface area contributed by atoms with Gasteiger partial charge in [0.05, 0.1) is 0 Å². The first-order valence-corrected chi connectivity index (χ1v) is 3.10. The van der Waals surface area contributed by atoms with Crippen LogP contribution in [-0.2, 0) is 0 Å². The Morgan fingerprint density at radius 2 is 2.00 bits per heavy atom. The van der Waals surface area contributed by atoms with Gasteiger partial charge in [-0.05, 0) is 13.8 Å². The molecule has 48 valence electrons. The fourth-order valence-electron chi connectivity index (χ4n) is 0.405. The van der Waals surface area contributed by atoms with Crippen LogP contribution in [-0.4, -0.2) is 7.85 Å². The van der Waals surface area contributed by atoms with Crippen molar-refractivity contribution < 1.29 is 0 Å². The van der Waals surface area contributed by atoms with E-state index in [2.05, 4.69) is 26.5 Å². The van der Waals surface area contributed by atoms with E-state index in [9.17, 15) is 0 Å². The third kappa shape index (κ3) is 7.28. The standard InChI is InChI=1S/C8H13B/c1-7(2)5-4-6-8(3)9/h4-6H,3,9H2,1-2H3/b6-4-. The Kier molecular flexibility index (Phi) is 3.86. The smallest absolute Gasteiger partial charge is 0.105 e. The monoisotopic (exact) mass is 120 g/mol. The largest absolute Gasteiger partial charge is 0.138 e. The van der Waals surface area contributed by atoms with E-state index in [1.807, 2.05) is 20.0 Å². The number of hydrogen-bond acceptors (Lipinski definition) is 0. The highest BCUT2D eigenvalue weighted by atomic mass is 13.8. The minimum absolute atomic E-state index is 1.09. The van der Waals surface area contributed by atoms with Gasteiger partial charge in [-0.3, -0.25) is 0 Å². The number of allylic oxidation sites excluding steroid dienone is 5. The van der Waals surface area contributed by atoms with Crippen molar-refractivity contribution in [3.63, 3.8) is 0 Å². The topological polar surface area (TPSA) is 0 Å². The average Bonchev–Trinajstić information content (AvgIpc) is 1.63. The normalized spacial score (nSPS) is 9.56. The summed E-state index contributed by atoms with van der Waals surface area (Å²) in [7, 11) is 1.98. The summed E-state index contributed by atoms with van der Waals surface area (Å²) in [5.41, 5.74) is 2.40. The van der Waals surface area contributed by atoms with Crippen molar-refractivity contribution >= 4 is 7.85 Å². The van der Waals surface area contributed by atoms with E-state index in [1.165, 1.54) is 5.57 Å². The van der Waals surface area contributed by atoms with Crippen molar-refractivity contribution in [2.24, 2.45) is 0 Å². The van der Waals surface area contributed by atoms with Crippen molar-refractivity contribution in [3.05, 3.63) is 35.9 Å². The van der Waals surface area contributed by atoms with Gasteiger partial charge in [-0.15, -0.1) is 6.58 Å². The van der Waals surface area contributed by atoms with Crippen LogP contribution in [0.25, 0.3) is 0 Å². The fourth-order valence-corrected chi connectivity index (χ4v) is 0.405. The SMILES string of the molecule is BC(=C)/C=C\C=C(C)C. The molecule has 0 bridgehead atoms. The van der Waals surface area contributed by atoms with Crippen LogP contribution in [0.2, 0.25) is 0 Å². The highest BCUT2D eigenvalue weighted by molar-refractivity contribution is 6.23. The van der Waals surface area contributed by atoms with Gasteiger partial charge < -0.3 is 0 Å². The zero-order valence-corrected chi connectivity index (χ0v) is 6.44. The van der Waals surface area contributed by atoms with E-state index in [-0.39, 0.29) is 0 Å². The van der Waals surface area contributed by atoms with E-state index in [1.54, 1.807) is 0 Å². The van der Waals surface area contributed by atoms with Crippen LogP contribution >= 0.6 is 0 Å². The van der Waals surface area contributed by atoms with Crippen LogP contribution in [0.5, 0.6) is 0 Å². The third-order valence-electron chi connectivity index (χ3n) is 0.810. The second-order valence-corrected chi connectivity index (χ2v) is 2.45. The fraction of sp³-hybridized carbons (Fsp3) is 0.250. The molecule has 0 saturated heterocycles. The van der Waals surface area contributed by atoms with Crippen molar-refractivity contribution in [1.82, 2.24) is 0 Å².